The maximum Gasteiger partial charge on any atom is 0.214 e. The van der Waals surface area contributed by atoms with Crippen LogP contribution in [-0.4, -0.2) is 47.7 Å². The van der Waals surface area contributed by atoms with Gasteiger partial charge >= 0.3 is 0 Å². The third-order valence-electron chi connectivity index (χ3n) is 4.89. The number of aliphatic hydroxyl groups excluding tert-OH is 2. The van der Waals surface area contributed by atoms with Crippen molar-refractivity contribution in [3.63, 3.8) is 0 Å². The van der Waals surface area contributed by atoms with E-state index < -0.39 is 6.10 Å². The quantitative estimate of drug-likeness (QED) is 0.832. The van der Waals surface area contributed by atoms with Gasteiger partial charge in [-0.25, -0.2) is 4.98 Å². The van der Waals surface area contributed by atoms with Crippen molar-refractivity contribution in [2.45, 2.75) is 38.7 Å². The highest BCUT2D eigenvalue weighted by Gasteiger charge is 2.27. The summed E-state index contributed by atoms with van der Waals surface area (Å²) in [5, 5.41) is 19.4. The van der Waals surface area contributed by atoms with E-state index in [4.69, 9.17) is 14.6 Å². The molecule has 2 unspecified atom stereocenters. The summed E-state index contributed by atoms with van der Waals surface area (Å²) >= 11 is 0. The Hall–Kier alpha value is -1.95. The van der Waals surface area contributed by atoms with Crippen LogP contribution in [0.3, 0.4) is 0 Å². The zero-order valence-corrected chi connectivity index (χ0v) is 15.4. The number of aryl methyl sites for hydroxylation is 2. The maximum absolute atomic E-state index is 10.3. The molecule has 1 fully saturated rings. The number of pyridine rings is 1. The molecular weight excluding hydrogens is 330 g/mol. The fourth-order valence-corrected chi connectivity index (χ4v) is 3.36. The lowest BCUT2D eigenvalue weighted by molar-refractivity contribution is -0.0215. The van der Waals surface area contributed by atoms with Crippen LogP contribution in [0.15, 0.2) is 30.3 Å². The van der Waals surface area contributed by atoms with Gasteiger partial charge in [0.2, 0.25) is 5.88 Å². The molecule has 0 radical (unpaired) electrons. The molecule has 1 saturated heterocycles. The van der Waals surface area contributed by atoms with Crippen molar-refractivity contribution in [3.8, 4) is 17.0 Å². The van der Waals surface area contributed by atoms with Crippen LogP contribution < -0.4 is 4.74 Å². The molecule has 1 aliphatic rings. The molecule has 0 aliphatic carbocycles. The average Bonchev–Trinajstić information content (AvgIpc) is 2.67. The summed E-state index contributed by atoms with van der Waals surface area (Å²) in [6, 6.07) is 10.4. The smallest absolute Gasteiger partial charge is 0.214 e. The molecule has 5 heteroatoms. The molecule has 2 aromatic rings. The van der Waals surface area contributed by atoms with Gasteiger partial charge in [0.25, 0.3) is 0 Å². The number of nitrogens with zero attached hydrogens (tertiary/aromatic N) is 1. The van der Waals surface area contributed by atoms with Gasteiger partial charge in [0.15, 0.2) is 0 Å². The minimum absolute atomic E-state index is 0.0640. The van der Waals surface area contributed by atoms with Gasteiger partial charge in [-0.15, -0.1) is 0 Å². The van der Waals surface area contributed by atoms with Gasteiger partial charge in [-0.05, 0) is 48.1 Å². The maximum atomic E-state index is 10.3. The monoisotopic (exact) mass is 357 g/mol. The first-order chi connectivity index (χ1) is 12.6. The Morgan fingerprint density at radius 3 is 2.85 bits per heavy atom. The van der Waals surface area contributed by atoms with Crippen molar-refractivity contribution in [1.82, 2.24) is 4.98 Å². The summed E-state index contributed by atoms with van der Waals surface area (Å²) in [6.07, 6.45) is 1.13. The second kappa shape index (κ2) is 8.62. The summed E-state index contributed by atoms with van der Waals surface area (Å²) in [4.78, 5) is 4.59. The molecule has 2 heterocycles. The van der Waals surface area contributed by atoms with Crippen molar-refractivity contribution >= 4 is 0 Å². The van der Waals surface area contributed by atoms with Gasteiger partial charge in [0.1, 0.15) is 6.61 Å². The van der Waals surface area contributed by atoms with E-state index >= 15 is 0 Å². The highest BCUT2D eigenvalue weighted by atomic mass is 16.5. The van der Waals surface area contributed by atoms with Gasteiger partial charge in [0.05, 0.1) is 25.0 Å². The number of benzene rings is 1. The van der Waals surface area contributed by atoms with E-state index in [1.807, 2.05) is 12.1 Å². The molecule has 0 amide bonds. The summed E-state index contributed by atoms with van der Waals surface area (Å²) in [7, 11) is 0. The lowest BCUT2D eigenvalue weighted by Crippen LogP contribution is -2.31. The van der Waals surface area contributed by atoms with Crippen molar-refractivity contribution < 1.29 is 19.7 Å². The summed E-state index contributed by atoms with van der Waals surface area (Å²) in [5.74, 6) is 0.404. The van der Waals surface area contributed by atoms with Crippen LogP contribution in [0.25, 0.3) is 11.1 Å². The van der Waals surface area contributed by atoms with E-state index in [2.05, 4.69) is 37.0 Å². The number of aliphatic hydroxyl groups is 2. The SMILES string of the molecule is CCc1ccc(C)c(-c2cc(OCCO)nc(C3CCOCC3O)c2)c1. The van der Waals surface area contributed by atoms with Crippen LogP contribution in [0.1, 0.15) is 36.1 Å². The second-order valence-corrected chi connectivity index (χ2v) is 6.73. The lowest BCUT2D eigenvalue weighted by atomic mass is 9.90. The first-order valence-corrected chi connectivity index (χ1v) is 9.23. The van der Waals surface area contributed by atoms with Crippen LogP contribution in [0.4, 0.5) is 0 Å². The first-order valence-electron chi connectivity index (χ1n) is 9.23. The molecular formula is C21H27NO4. The highest BCUT2D eigenvalue weighted by Crippen LogP contribution is 2.33. The Bertz CT molecular complexity index is 747. The fourth-order valence-electron chi connectivity index (χ4n) is 3.36. The molecule has 3 rings (SSSR count). The van der Waals surface area contributed by atoms with E-state index in [1.54, 1.807) is 0 Å². The topological polar surface area (TPSA) is 71.8 Å². The average molecular weight is 357 g/mol. The second-order valence-electron chi connectivity index (χ2n) is 6.73. The summed E-state index contributed by atoms with van der Waals surface area (Å²) in [6.45, 7) is 5.30. The normalized spacial score (nSPS) is 20.2. The van der Waals surface area contributed by atoms with E-state index in [-0.39, 0.29) is 19.1 Å². The molecule has 0 bridgehead atoms. The van der Waals surface area contributed by atoms with Crippen LogP contribution in [-0.2, 0) is 11.2 Å². The molecule has 5 nitrogen and oxygen atoms in total. The first kappa shape index (κ1) is 18.8. The number of hydrogen-bond donors (Lipinski definition) is 2. The Kier molecular flexibility index (Phi) is 6.25. The van der Waals surface area contributed by atoms with Gasteiger partial charge < -0.3 is 19.7 Å². The molecule has 1 aromatic carbocycles. The molecule has 2 N–H and O–H groups in total. The summed E-state index contributed by atoms with van der Waals surface area (Å²) < 4.78 is 11.0. The molecule has 2 atom stereocenters. The van der Waals surface area contributed by atoms with Gasteiger partial charge in [0, 0.05) is 18.6 Å². The van der Waals surface area contributed by atoms with Crippen molar-refractivity contribution in [2.24, 2.45) is 0 Å². The van der Waals surface area contributed by atoms with Gasteiger partial charge in [-0.3, -0.25) is 0 Å². The van der Waals surface area contributed by atoms with Crippen LogP contribution in [0.2, 0.25) is 0 Å². The third-order valence-corrected chi connectivity index (χ3v) is 4.89. The Labute approximate surface area is 154 Å². The number of aromatic nitrogens is 1. The van der Waals surface area contributed by atoms with Gasteiger partial charge in [-0.2, -0.15) is 0 Å². The van der Waals surface area contributed by atoms with E-state index in [1.165, 1.54) is 11.1 Å². The zero-order valence-electron chi connectivity index (χ0n) is 15.4. The number of ether oxygens (including phenoxy) is 2. The van der Waals surface area contributed by atoms with E-state index in [0.717, 1.165) is 29.7 Å². The molecule has 1 aliphatic heterocycles. The molecule has 140 valence electrons. The van der Waals surface area contributed by atoms with Crippen LogP contribution in [0, 0.1) is 6.92 Å². The Morgan fingerprint density at radius 1 is 1.27 bits per heavy atom. The zero-order chi connectivity index (χ0) is 18.5. The lowest BCUT2D eigenvalue weighted by Gasteiger charge is -2.28. The van der Waals surface area contributed by atoms with Crippen molar-refractivity contribution in [1.29, 1.82) is 0 Å². The fraction of sp³-hybridized carbons (Fsp3) is 0.476. The molecule has 26 heavy (non-hydrogen) atoms. The van der Waals surface area contributed by atoms with Crippen molar-refractivity contribution in [3.05, 3.63) is 47.2 Å². The van der Waals surface area contributed by atoms with Crippen molar-refractivity contribution in [2.75, 3.05) is 26.4 Å². The van der Waals surface area contributed by atoms with Crippen LogP contribution in [0.5, 0.6) is 5.88 Å². The van der Waals surface area contributed by atoms with Crippen LogP contribution >= 0.6 is 0 Å². The minimum atomic E-state index is -0.569. The number of hydrogen-bond acceptors (Lipinski definition) is 5. The Morgan fingerprint density at radius 2 is 2.12 bits per heavy atom. The highest BCUT2D eigenvalue weighted by molar-refractivity contribution is 5.69. The predicted octanol–water partition coefficient (Wildman–Crippen LogP) is 2.86. The third kappa shape index (κ3) is 4.23. The Balaban J connectivity index is 2.05. The standard InChI is InChI=1S/C21H27NO4/c1-3-15-5-4-14(2)18(10-15)16-11-19(17-6-8-25-13-20(17)24)22-21(12-16)26-9-7-23/h4-5,10-12,17,20,23-24H,3,6-9,13H2,1-2H3. The van der Waals surface area contributed by atoms with Gasteiger partial charge in [-0.1, -0.05) is 25.1 Å². The molecule has 0 spiro atoms. The van der Waals surface area contributed by atoms with E-state index in [9.17, 15) is 5.11 Å². The van der Waals surface area contributed by atoms with E-state index in [0.29, 0.717) is 19.1 Å². The minimum Gasteiger partial charge on any atom is -0.475 e. The number of rotatable bonds is 6. The summed E-state index contributed by atoms with van der Waals surface area (Å²) in [5.41, 5.74) is 5.43. The predicted molar refractivity (Wildman–Crippen MR) is 101 cm³/mol. The molecule has 1 aromatic heterocycles. The molecule has 0 saturated carbocycles. The largest absolute Gasteiger partial charge is 0.475 e.